The zero-order chi connectivity index (χ0) is 9.84. The molecule has 76 valence electrons. The van der Waals surface area contributed by atoms with Crippen LogP contribution in [0.1, 0.15) is 33.1 Å². The van der Waals surface area contributed by atoms with Crippen molar-refractivity contribution >= 4 is 5.84 Å². The van der Waals surface area contributed by atoms with E-state index in [1.807, 2.05) is 6.92 Å². The molecular formula is C10H21N3. The Bertz CT molecular complexity index is 179. The third kappa shape index (κ3) is 2.69. The van der Waals surface area contributed by atoms with Crippen molar-refractivity contribution in [2.24, 2.45) is 11.7 Å². The Kier molecular flexibility index (Phi) is 3.72. The normalized spacial score (nSPS) is 26.2. The van der Waals surface area contributed by atoms with Crippen molar-refractivity contribution < 1.29 is 0 Å². The van der Waals surface area contributed by atoms with Gasteiger partial charge < -0.3 is 5.73 Å². The Balaban J connectivity index is 2.36. The monoisotopic (exact) mass is 183 g/mol. The van der Waals surface area contributed by atoms with Gasteiger partial charge in [0, 0.05) is 6.54 Å². The van der Waals surface area contributed by atoms with Gasteiger partial charge in [0.2, 0.25) is 0 Å². The maximum Gasteiger partial charge on any atom is 0.108 e. The highest BCUT2D eigenvalue weighted by Crippen LogP contribution is 2.22. The maximum atomic E-state index is 7.37. The summed E-state index contributed by atoms with van der Waals surface area (Å²) in [5.41, 5.74) is 5.48. The van der Waals surface area contributed by atoms with Crippen molar-refractivity contribution in [1.29, 1.82) is 5.41 Å². The average Bonchev–Trinajstić information content (AvgIpc) is 2.52. The van der Waals surface area contributed by atoms with Gasteiger partial charge in [0.25, 0.3) is 0 Å². The Labute approximate surface area is 80.8 Å². The molecule has 13 heavy (non-hydrogen) atoms. The molecule has 0 radical (unpaired) electrons. The van der Waals surface area contributed by atoms with E-state index in [2.05, 4.69) is 11.8 Å². The molecule has 1 aliphatic rings. The zero-order valence-electron chi connectivity index (χ0n) is 8.71. The van der Waals surface area contributed by atoms with Crippen molar-refractivity contribution in [2.45, 2.75) is 39.2 Å². The molecule has 0 aromatic heterocycles. The van der Waals surface area contributed by atoms with Crippen LogP contribution in [0, 0.1) is 11.3 Å². The van der Waals surface area contributed by atoms with Crippen LogP contribution >= 0.6 is 0 Å². The van der Waals surface area contributed by atoms with Crippen LogP contribution in [0.3, 0.4) is 0 Å². The predicted octanol–water partition coefficient (Wildman–Crippen LogP) is 1.43. The lowest BCUT2D eigenvalue weighted by Crippen LogP contribution is -2.40. The van der Waals surface area contributed by atoms with Gasteiger partial charge in [-0.15, -0.1) is 0 Å². The van der Waals surface area contributed by atoms with E-state index < -0.39 is 0 Å². The van der Waals surface area contributed by atoms with Gasteiger partial charge in [0.05, 0.1) is 6.04 Å². The second-order valence-electron chi connectivity index (χ2n) is 4.07. The lowest BCUT2D eigenvalue weighted by molar-refractivity contribution is 0.296. The smallest absolute Gasteiger partial charge is 0.108 e. The number of amidine groups is 1. The molecule has 3 N–H and O–H groups in total. The first-order valence-corrected chi connectivity index (χ1v) is 5.23. The number of rotatable bonds is 4. The Morgan fingerprint density at radius 3 is 2.92 bits per heavy atom. The first-order valence-electron chi connectivity index (χ1n) is 5.23. The molecule has 3 nitrogen and oxygen atoms in total. The van der Waals surface area contributed by atoms with Gasteiger partial charge in [0.1, 0.15) is 5.84 Å². The molecular weight excluding hydrogens is 162 g/mol. The summed E-state index contributed by atoms with van der Waals surface area (Å²) in [6, 6.07) is 0.141. The quantitative estimate of drug-likeness (QED) is 0.512. The topological polar surface area (TPSA) is 53.1 Å². The number of nitrogens with two attached hydrogens (primary N) is 1. The van der Waals surface area contributed by atoms with Gasteiger partial charge >= 0.3 is 0 Å². The summed E-state index contributed by atoms with van der Waals surface area (Å²) in [7, 11) is 0. The molecule has 1 fully saturated rings. The van der Waals surface area contributed by atoms with Crippen LogP contribution in [-0.4, -0.2) is 29.9 Å². The van der Waals surface area contributed by atoms with Gasteiger partial charge in [-0.2, -0.15) is 0 Å². The fourth-order valence-corrected chi connectivity index (χ4v) is 2.05. The van der Waals surface area contributed by atoms with E-state index in [-0.39, 0.29) is 6.04 Å². The molecule has 0 aliphatic carbocycles. The molecule has 1 saturated heterocycles. The lowest BCUT2D eigenvalue weighted by Gasteiger charge is -2.22. The zero-order valence-corrected chi connectivity index (χ0v) is 8.71. The largest absolute Gasteiger partial charge is 0.386 e. The fraction of sp³-hybridized carbons (Fsp3) is 0.900. The third-order valence-corrected chi connectivity index (χ3v) is 3.01. The van der Waals surface area contributed by atoms with E-state index in [1.54, 1.807) is 0 Å². The molecule has 1 rings (SSSR count). The number of likely N-dealkylation sites (tertiary alicyclic amines) is 1. The molecule has 0 aromatic carbocycles. The van der Waals surface area contributed by atoms with Crippen LogP contribution < -0.4 is 5.73 Å². The van der Waals surface area contributed by atoms with Crippen molar-refractivity contribution in [3.05, 3.63) is 0 Å². The van der Waals surface area contributed by atoms with Gasteiger partial charge in [-0.1, -0.05) is 13.3 Å². The molecule has 0 bridgehead atoms. The van der Waals surface area contributed by atoms with Crippen molar-refractivity contribution in [2.75, 3.05) is 13.1 Å². The summed E-state index contributed by atoms with van der Waals surface area (Å²) in [4.78, 5) is 2.32. The number of hydrogen-bond donors (Lipinski definition) is 2. The van der Waals surface area contributed by atoms with Crippen LogP contribution in [0.4, 0.5) is 0 Å². The number of nitrogens with zero attached hydrogens (tertiary/aromatic N) is 1. The van der Waals surface area contributed by atoms with Gasteiger partial charge in [-0.05, 0) is 32.2 Å². The summed E-state index contributed by atoms with van der Waals surface area (Å²) in [5, 5.41) is 7.37. The van der Waals surface area contributed by atoms with Gasteiger partial charge in [-0.25, -0.2) is 0 Å². The van der Waals surface area contributed by atoms with Crippen LogP contribution in [0.2, 0.25) is 0 Å². The molecule has 0 saturated carbocycles. The molecule has 2 atom stereocenters. The maximum absolute atomic E-state index is 7.37. The first-order chi connectivity index (χ1) is 6.15. The van der Waals surface area contributed by atoms with Crippen molar-refractivity contribution in [1.82, 2.24) is 4.90 Å². The second kappa shape index (κ2) is 4.61. The minimum absolute atomic E-state index is 0.141. The average molecular weight is 183 g/mol. The van der Waals surface area contributed by atoms with Crippen LogP contribution in [0.5, 0.6) is 0 Å². The molecule has 0 spiro atoms. The highest BCUT2D eigenvalue weighted by atomic mass is 15.2. The summed E-state index contributed by atoms with van der Waals surface area (Å²) in [6.07, 6.45) is 3.87. The second-order valence-corrected chi connectivity index (χ2v) is 4.07. The minimum atomic E-state index is 0.141. The van der Waals surface area contributed by atoms with E-state index >= 15 is 0 Å². The summed E-state index contributed by atoms with van der Waals surface area (Å²) < 4.78 is 0. The van der Waals surface area contributed by atoms with E-state index in [0.29, 0.717) is 5.84 Å². The van der Waals surface area contributed by atoms with Crippen LogP contribution in [-0.2, 0) is 0 Å². The lowest BCUT2D eigenvalue weighted by atomic mass is 10.0. The third-order valence-electron chi connectivity index (χ3n) is 3.01. The van der Waals surface area contributed by atoms with Crippen molar-refractivity contribution in [3.8, 4) is 0 Å². The first kappa shape index (κ1) is 10.5. The van der Waals surface area contributed by atoms with E-state index in [4.69, 9.17) is 11.1 Å². The van der Waals surface area contributed by atoms with Crippen LogP contribution in [0.25, 0.3) is 0 Å². The molecule has 1 aliphatic heterocycles. The standard InChI is InChI=1S/C10H21N3/c1-3-4-9-5-6-13(7-9)8(2)10(11)12/h8-9H,3-7H2,1-2H3,(H3,11,12). The van der Waals surface area contributed by atoms with E-state index in [1.165, 1.54) is 19.3 Å². The highest BCUT2D eigenvalue weighted by Gasteiger charge is 2.26. The number of hydrogen-bond acceptors (Lipinski definition) is 2. The fourth-order valence-electron chi connectivity index (χ4n) is 2.05. The summed E-state index contributed by atoms with van der Waals surface area (Å²) >= 11 is 0. The van der Waals surface area contributed by atoms with Crippen molar-refractivity contribution in [3.63, 3.8) is 0 Å². The summed E-state index contributed by atoms with van der Waals surface area (Å²) in [6.45, 7) is 6.51. The summed E-state index contributed by atoms with van der Waals surface area (Å²) in [5.74, 6) is 1.14. The molecule has 0 amide bonds. The Hall–Kier alpha value is -0.570. The van der Waals surface area contributed by atoms with Gasteiger partial charge in [0.15, 0.2) is 0 Å². The van der Waals surface area contributed by atoms with E-state index in [9.17, 15) is 0 Å². The Morgan fingerprint density at radius 1 is 1.69 bits per heavy atom. The molecule has 2 unspecified atom stereocenters. The highest BCUT2D eigenvalue weighted by molar-refractivity contribution is 5.82. The molecule has 3 heteroatoms. The molecule has 1 heterocycles. The number of nitrogens with one attached hydrogen (secondary N) is 1. The van der Waals surface area contributed by atoms with E-state index in [0.717, 1.165) is 19.0 Å². The SMILES string of the molecule is CCCC1CCN(C(C)C(=N)N)C1. The Morgan fingerprint density at radius 2 is 2.38 bits per heavy atom. The van der Waals surface area contributed by atoms with Gasteiger partial charge in [-0.3, -0.25) is 10.3 Å². The molecule has 0 aromatic rings. The van der Waals surface area contributed by atoms with Crippen LogP contribution in [0.15, 0.2) is 0 Å². The minimum Gasteiger partial charge on any atom is -0.386 e. The predicted molar refractivity (Wildman–Crippen MR) is 56.0 cm³/mol.